The fraction of sp³-hybridized carbons (Fsp3) is 0.600. The van der Waals surface area contributed by atoms with E-state index in [-0.39, 0.29) is 23.2 Å². The Balaban J connectivity index is 2.29. The Morgan fingerprint density at radius 1 is 0.833 bits per heavy atom. The van der Waals surface area contributed by atoms with Crippen molar-refractivity contribution in [1.29, 1.82) is 10.5 Å². The van der Waals surface area contributed by atoms with Gasteiger partial charge in [0.1, 0.15) is 0 Å². The van der Waals surface area contributed by atoms with E-state index in [0.717, 1.165) is 36.8 Å². The lowest BCUT2D eigenvalue weighted by Crippen LogP contribution is -2.33. The fourth-order valence-corrected chi connectivity index (χ4v) is 5.57. The van der Waals surface area contributed by atoms with Crippen LogP contribution in [0.15, 0.2) is 22.5 Å². The van der Waals surface area contributed by atoms with Gasteiger partial charge in [-0.2, -0.15) is 0 Å². The molecule has 0 aliphatic heterocycles. The molecule has 24 heavy (non-hydrogen) atoms. The summed E-state index contributed by atoms with van der Waals surface area (Å²) in [6.07, 6.45) is 4.18. The fourth-order valence-electron chi connectivity index (χ4n) is 5.57. The van der Waals surface area contributed by atoms with E-state index in [9.17, 15) is 10.5 Å². The summed E-state index contributed by atoms with van der Waals surface area (Å²) in [7, 11) is 0. The molecule has 6 atom stereocenters. The maximum Gasteiger partial charge on any atom is 0.264 e. The zero-order valence-electron chi connectivity index (χ0n) is 14.1. The second-order valence-electron chi connectivity index (χ2n) is 7.67. The molecule has 3 saturated carbocycles. The largest absolute Gasteiger partial charge is 0.264 e. The van der Waals surface area contributed by atoms with Crippen LogP contribution in [0.25, 0.3) is 9.69 Å². The number of nitriles is 2. The Morgan fingerprint density at radius 2 is 1.21 bits per heavy atom. The van der Waals surface area contributed by atoms with Crippen molar-refractivity contribution in [2.45, 2.75) is 39.5 Å². The lowest BCUT2D eigenvalue weighted by molar-refractivity contribution is 0.217. The summed E-state index contributed by atoms with van der Waals surface area (Å²) >= 11 is 0. The highest BCUT2D eigenvalue weighted by molar-refractivity contribution is 5.55. The van der Waals surface area contributed by atoms with Crippen molar-refractivity contribution in [2.24, 2.45) is 35.5 Å². The number of hydrogen-bond acceptors (Lipinski definition) is 2. The second kappa shape index (κ2) is 6.15. The first kappa shape index (κ1) is 16.3. The van der Waals surface area contributed by atoms with Crippen molar-refractivity contribution in [3.05, 3.63) is 45.4 Å². The second-order valence-corrected chi connectivity index (χ2v) is 7.67. The molecule has 0 saturated heterocycles. The van der Waals surface area contributed by atoms with Gasteiger partial charge >= 0.3 is 0 Å². The summed E-state index contributed by atoms with van der Waals surface area (Å²) in [6.45, 7) is 19.3. The first-order valence-electron chi connectivity index (χ1n) is 8.59. The molecule has 0 aromatic heterocycles. The first-order valence-corrected chi connectivity index (χ1v) is 8.59. The molecule has 3 aliphatic carbocycles. The molecular formula is C20H20N4. The molecule has 6 unspecified atom stereocenters. The Kier molecular flexibility index (Phi) is 4.18. The van der Waals surface area contributed by atoms with Gasteiger partial charge in [-0.15, -0.1) is 0 Å². The molecule has 0 radical (unpaired) electrons. The average molecular weight is 316 g/mol. The van der Waals surface area contributed by atoms with Crippen molar-refractivity contribution >= 4 is 0 Å². The van der Waals surface area contributed by atoms with Crippen LogP contribution in [0.2, 0.25) is 0 Å². The van der Waals surface area contributed by atoms with Crippen molar-refractivity contribution in [1.82, 2.24) is 0 Å². The van der Waals surface area contributed by atoms with E-state index in [0.29, 0.717) is 23.7 Å². The van der Waals surface area contributed by atoms with E-state index in [1.165, 1.54) is 0 Å². The van der Waals surface area contributed by atoms with E-state index < -0.39 is 0 Å². The van der Waals surface area contributed by atoms with E-state index in [4.69, 9.17) is 13.1 Å². The van der Waals surface area contributed by atoms with Gasteiger partial charge in [0.25, 0.3) is 11.4 Å². The quantitative estimate of drug-likeness (QED) is 0.479. The molecule has 4 nitrogen and oxygen atoms in total. The summed E-state index contributed by atoms with van der Waals surface area (Å²) in [4.78, 5) is 6.94. The van der Waals surface area contributed by atoms with Gasteiger partial charge in [-0.1, -0.05) is 13.8 Å². The predicted molar refractivity (Wildman–Crippen MR) is 89.2 cm³/mol. The molecule has 3 aliphatic rings. The Hall–Kier alpha value is -2.56. The van der Waals surface area contributed by atoms with Gasteiger partial charge in [-0.25, -0.2) is 20.2 Å². The van der Waals surface area contributed by atoms with Crippen LogP contribution in [0, 0.1) is 71.3 Å². The third-order valence-electron chi connectivity index (χ3n) is 6.22. The van der Waals surface area contributed by atoms with E-state index in [1.807, 2.05) is 0 Å². The minimum atomic E-state index is 0.100. The van der Waals surface area contributed by atoms with Crippen molar-refractivity contribution < 1.29 is 0 Å². The van der Waals surface area contributed by atoms with Gasteiger partial charge in [-0.05, 0) is 72.3 Å². The third kappa shape index (κ3) is 2.31. The molecule has 0 bridgehead atoms. The van der Waals surface area contributed by atoms with Crippen LogP contribution in [0.4, 0.5) is 0 Å². The van der Waals surface area contributed by atoms with Gasteiger partial charge in [0, 0.05) is 0 Å². The lowest BCUT2D eigenvalue weighted by Gasteiger charge is -2.41. The van der Waals surface area contributed by atoms with Crippen molar-refractivity contribution in [2.75, 3.05) is 0 Å². The molecule has 0 aromatic rings. The highest BCUT2D eigenvalue weighted by Crippen LogP contribution is 2.61. The smallest absolute Gasteiger partial charge is 0.226 e. The minimum Gasteiger partial charge on any atom is -0.226 e. The number of nitrogens with zero attached hydrogens (tertiary/aromatic N) is 4. The molecule has 0 spiro atoms. The normalized spacial score (nSPS) is 41.1. The Morgan fingerprint density at radius 3 is 1.50 bits per heavy atom. The predicted octanol–water partition coefficient (Wildman–Crippen LogP) is 4.72. The van der Waals surface area contributed by atoms with Gasteiger partial charge < -0.3 is 0 Å². The topological polar surface area (TPSA) is 56.3 Å². The van der Waals surface area contributed by atoms with Gasteiger partial charge in [0.2, 0.25) is 0 Å². The summed E-state index contributed by atoms with van der Waals surface area (Å²) in [5, 5.41) is 19.0. The minimum absolute atomic E-state index is 0.100. The van der Waals surface area contributed by atoms with Gasteiger partial charge in [0.15, 0.2) is 0 Å². The third-order valence-corrected chi connectivity index (χ3v) is 6.22. The zero-order valence-corrected chi connectivity index (χ0v) is 14.1. The number of hydrogen-bond donors (Lipinski definition) is 0. The van der Waals surface area contributed by atoms with E-state index >= 15 is 0 Å². The van der Waals surface area contributed by atoms with E-state index in [1.54, 1.807) is 0 Å². The maximum absolute atomic E-state index is 9.50. The summed E-state index contributed by atoms with van der Waals surface area (Å²) < 4.78 is 0. The van der Waals surface area contributed by atoms with Crippen LogP contribution in [-0.2, 0) is 0 Å². The summed E-state index contributed by atoms with van der Waals surface area (Å²) in [5.74, 6) is 2.44. The first-order chi connectivity index (χ1) is 11.5. The standard InChI is InChI=1S/C20H20N4/c1-11-5-13-14-6-12(2)8-16(14)20(18(10-22)24-4)19(15(13)7-11)17(9-21)23-3/h11-16H,5-8H2,1-2H3/b19-17-,20-18+. The average Bonchev–Trinajstić information content (AvgIpc) is 3.13. The van der Waals surface area contributed by atoms with E-state index in [2.05, 4.69) is 35.7 Å². The van der Waals surface area contributed by atoms with Crippen LogP contribution < -0.4 is 0 Å². The monoisotopic (exact) mass is 316 g/mol. The van der Waals surface area contributed by atoms with Crippen LogP contribution in [0.1, 0.15) is 39.5 Å². The molecule has 0 amide bonds. The van der Waals surface area contributed by atoms with Gasteiger partial charge in [0.05, 0.1) is 25.3 Å². The van der Waals surface area contributed by atoms with Crippen molar-refractivity contribution in [3.63, 3.8) is 0 Å². The molecular weight excluding hydrogens is 296 g/mol. The molecule has 4 heteroatoms. The van der Waals surface area contributed by atoms with Crippen LogP contribution in [0.5, 0.6) is 0 Å². The summed E-state index contributed by atoms with van der Waals surface area (Å²) in [5.41, 5.74) is 1.68. The summed E-state index contributed by atoms with van der Waals surface area (Å²) in [6, 6.07) is 4.10. The number of rotatable bonds is 0. The van der Waals surface area contributed by atoms with Crippen LogP contribution >= 0.6 is 0 Å². The zero-order chi connectivity index (χ0) is 17.4. The molecule has 120 valence electrons. The molecule has 3 rings (SSSR count). The highest BCUT2D eigenvalue weighted by Gasteiger charge is 2.52. The van der Waals surface area contributed by atoms with Crippen LogP contribution in [0.3, 0.4) is 0 Å². The highest BCUT2D eigenvalue weighted by atomic mass is 14.7. The molecule has 0 N–H and O–H groups in total. The number of fused-ring (bicyclic) bond motifs is 3. The molecule has 0 heterocycles. The molecule has 3 fully saturated rings. The Labute approximate surface area is 143 Å². The Bertz CT molecular complexity index is 689. The van der Waals surface area contributed by atoms with Gasteiger partial charge in [-0.3, -0.25) is 0 Å². The van der Waals surface area contributed by atoms with Crippen molar-refractivity contribution in [3.8, 4) is 12.1 Å². The molecule has 0 aromatic carbocycles. The number of allylic oxidation sites excluding steroid dienone is 4. The SMILES string of the molecule is [C-]#[N+]/C(C#N)=C1\C(=C(/C#N)[N+]#[C-])C2CC(C)CC2C2CC(C)CC12. The van der Waals surface area contributed by atoms with Crippen LogP contribution in [-0.4, -0.2) is 0 Å². The lowest BCUT2D eigenvalue weighted by atomic mass is 9.63. The maximum atomic E-state index is 9.50.